The molecule has 0 aliphatic rings. The van der Waals surface area contributed by atoms with Crippen molar-refractivity contribution in [2.24, 2.45) is 0 Å². The van der Waals surface area contributed by atoms with Crippen molar-refractivity contribution >= 4 is 13.7 Å². The van der Waals surface area contributed by atoms with Gasteiger partial charge in [-0.25, -0.2) is 0 Å². The number of aliphatic hydroxyl groups excluding tert-OH is 1. The van der Waals surface area contributed by atoms with Crippen LogP contribution in [0.25, 0.3) is 0 Å². The first-order chi connectivity index (χ1) is 29.0. The van der Waals surface area contributed by atoms with Crippen LogP contribution >= 0.6 is 7.82 Å². The third-order valence-corrected chi connectivity index (χ3v) is 11.1. The fourth-order valence-corrected chi connectivity index (χ4v) is 7.09. The van der Waals surface area contributed by atoms with Gasteiger partial charge in [-0.1, -0.05) is 189 Å². The standard InChI is InChI=1S/C51H91N2O6P/c1-6-8-10-12-14-15-16-17-18-19-20-21-22-23-24-25-26-27-28-29-30-31-32-33-34-35-36-37-39-41-43-45-51(55)52-49(50(54)44-42-40-38-13-11-9-7-2)48-59-60(56,57)58-47-46-53(3,4)5/h8,10,14-15,17-18,20-21,23-24,26-27,29-30,49-50,54H,6-7,9,11-13,16,19,22,25,28,31-48H2,1-5H3,(H-,52,55,56,57)/b10-8-,15-14-,18-17-,21-20-,24-23-,27-26-,30-29-. The van der Waals surface area contributed by atoms with Crippen LogP contribution in [0.5, 0.6) is 0 Å². The molecule has 3 atom stereocenters. The number of quaternary nitrogens is 1. The third kappa shape index (κ3) is 43.8. The highest BCUT2D eigenvalue weighted by Crippen LogP contribution is 2.38. The van der Waals surface area contributed by atoms with E-state index in [0.717, 1.165) is 89.9 Å². The number of carbonyl (C=O) groups is 1. The van der Waals surface area contributed by atoms with Gasteiger partial charge in [0.25, 0.3) is 7.82 Å². The molecule has 0 bridgehead atoms. The maximum Gasteiger partial charge on any atom is 0.268 e. The lowest BCUT2D eigenvalue weighted by Crippen LogP contribution is -2.46. The Kier molecular flexibility index (Phi) is 40.4. The molecule has 346 valence electrons. The summed E-state index contributed by atoms with van der Waals surface area (Å²) in [5.41, 5.74) is 0. The van der Waals surface area contributed by atoms with Crippen LogP contribution in [-0.4, -0.2) is 68.5 Å². The predicted octanol–water partition coefficient (Wildman–Crippen LogP) is 13.1. The lowest BCUT2D eigenvalue weighted by Gasteiger charge is -2.30. The quantitative estimate of drug-likeness (QED) is 0.0274. The van der Waals surface area contributed by atoms with Gasteiger partial charge in [-0.2, -0.15) is 0 Å². The van der Waals surface area contributed by atoms with E-state index < -0.39 is 20.0 Å². The van der Waals surface area contributed by atoms with Gasteiger partial charge in [-0.05, 0) is 70.6 Å². The Labute approximate surface area is 369 Å². The molecule has 0 spiro atoms. The van der Waals surface area contributed by atoms with E-state index >= 15 is 0 Å². The molecule has 0 radical (unpaired) electrons. The molecule has 60 heavy (non-hydrogen) atoms. The number of hydrogen-bond acceptors (Lipinski definition) is 6. The van der Waals surface area contributed by atoms with E-state index in [2.05, 4.69) is 104 Å². The van der Waals surface area contributed by atoms with Gasteiger partial charge in [0.1, 0.15) is 13.2 Å². The van der Waals surface area contributed by atoms with Gasteiger partial charge < -0.3 is 28.8 Å². The molecule has 0 saturated carbocycles. The summed E-state index contributed by atoms with van der Waals surface area (Å²) in [7, 11) is 1.28. The Morgan fingerprint density at radius 3 is 1.48 bits per heavy atom. The van der Waals surface area contributed by atoms with Gasteiger partial charge >= 0.3 is 0 Å². The molecular formula is C51H91N2O6P. The number of rotatable bonds is 42. The monoisotopic (exact) mass is 859 g/mol. The topological polar surface area (TPSA) is 108 Å². The zero-order chi connectivity index (χ0) is 44.3. The minimum atomic E-state index is -4.56. The molecule has 0 aliphatic carbocycles. The van der Waals surface area contributed by atoms with Gasteiger partial charge in [-0.15, -0.1) is 0 Å². The van der Waals surface area contributed by atoms with Crippen molar-refractivity contribution in [1.82, 2.24) is 5.32 Å². The van der Waals surface area contributed by atoms with Crippen molar-refractivity contribution in [3.05, 3.63) is 85.1 Å². The Bertz CT molecular complexity index is 1250. The van der Waals surface area contributed by atoms with Crippen molar-refractivity contribution in [2.75, 3.05) is 40.9 Å². The second-order valence-corrected chi connectivity index (χ2v) is 18.5. The summed E-state index contributed by atoms with van der Waals surface area (Å²) in [6.45, 7) is 4.53. The Morgan fingerprint density at radius 1 is 0.600 bits per heavy atom. The molecule has 2 N–H and O–H groups in total. The van der Waals surface area contributed by atoms with E-state index in [1.807, 2.05) is 21.1 Å². The number of carbonyl (C=O) groups excluding carboxylic acids is 1. The summed E-state index contributed by atoms with van der Waals surface area (Å²) < 4.78 is 23.2. The number of phosphoric acid groups is 1. The van der Waals surface area contributed by atoms with Crippen molar-refractivity contribution in [1.29, 1.82) is 0 Å². The summed E-state index contributed by atoms with van der Waals surface area (Å²) in [5.74, 6) is -0.180. The van der Waals surface area contributed by atoms with E-state index in [1.54, 1.807) is 0 Å². The van der Waals surface area contributed by atoms with Crippen LogP contribution in [0.2, 0.25) is 0 Å². The van der Waals surface area contributed by atoms with Crippen LogP contribution in [0.15, 0.2) is 85.1 Å². The van der Waals surface area contributed by atoms with Crippen molar-refractivity contribution < 1.29 is 32.9 Å². The molecule has 0 heterocycles. The van der Waals surface area contributed by atoms with E-state index in [0.29, 0.717) is 23.9 Å². The molecule has 0 fully saturated rings. The summed E-state index contributed by atoms with van der Waals surface area (Å²) in [6.07, 6.45) is 57.6. The van der Waals surface area contributed by atoms with Crippen LogP contribution in [-0.2, 0) is 18.4 Å². The lowest BCUT2D eigenvalue weighted by molar-refractivity contribution is -0.870. The normalized spacial score (nSPS) is 15.0. The first-order valence-electron chi connectivity index (χ1n) is 23.9. The molecule has 0 aliphatic heterocycles. The van der Waals surface area contributed by atoms with Gasteiger partial charge in [0, 0.05) is 6.42 Å². The second-order valence-electron chi connectivity index (χ2n) is 17.1. The molecular weight excluding hydrogens is 768 g/mol. The van der Waals surface area contributed by atoms with Crippen LogP contribution in [0.3, 0.4) is 0 Å². The van der Waals surface area contributed by atoms with E-state index in [1.165, 1.54) is 64.2 Å². The number of nitrogens with zero attached hydrogens (tertiary/aromatic N) is 1. The fourth-order valence-electron chi connectivity index (χ4n) is 6.37. The molecule has 0 aromatic carbocycles. The number of likely N-dealkylation sites (N-methyl/N-ethyl adjacent to an activating group) is 1. The minimum Gasteiger partial charge on any atom is -0.756 e. The second kappa shape index (κ2) is 42.0. The van der Waals surface area contributed by atoms with Crippen LogP contribution in [0, 0.1) is 0 Å². The molecule has 0 aromatic rings. The number of hydrogen-bond donors (Lipinski definition) is 2. The maximum atomic E-state index is 12.8. The molecule has 1 amide bonds. The Morgan fingerprint density at radius 2 is 1.02 bits per heavy atom. The highest BCUT2D eigenvalue weighted by molar-refractivity contribution is 7.45. The first kappa shape index (κ1) is 57.7. The number of unbranched alkanes of at least 4 members (excludes halogenated alkanes) is 15. The van der Waals surface area contributed by atoms with E-state index in [-0.39, 0.29) is 19.1 Å². The largest absolute Gasteiger partial charge is 0.756 e. The lowest BCUT2D eigenvalue weighted by atomic mass is 10.0. The molecule has 0 rings (SSSR count). The molecule has 0 saturated heterocycles. The van der Waals surface area contributed by atoms with Gasteiger partial charge in [0.2, 0.25) is 5.91 Å². The maximum absolute atomic E-state index is 12.8. The number of amides is 1. The van der Waals surface area contributed by atoms with Crippen molar-refractivity contribution in [2.45, 2.75) is 193 Å². The fraction of sp³-hybridized carbons (Fsp3) is 0.706. The summed E-state index contributed by atoms with van der Waals surface area (Å²) in [6, 6.07) is -0.806. The highest BCUT2D eigenvalue weighted by Gasteiger charge is 2.24. The number of nitrogens with one attached hydrogen (secondary N) is 1. The zero-order valence-electron chi connectivity index (χ0n) is 39.1. The first-order valence-corrected chi connectivity index (χ1v) is 25.4. The van der Waals surface area contributed by atoms with Crippen LogP contribution in [0.4, 0.5) is 0 Å². The van der Waals surface area contributed by atoms with Crippen LogP contribution < -0.4 is 10.2 Å². The smallest absolute Gasteiger partial charge is 0.268 e. The zero-order valence-corrected chi connectivity index (χ0v) is 40.0. The van der Waals surface area contributed by atoms with Crippen molar-refractivity contribution in [3.63, 3.8) is 0 Å². The molecule has 9 heteroatoms. The number of aliphatic hydroxyl groups is 1. The average Bonchev–Trinajstić information content (AvgIpc) is 3.20. The van der Waals surface area contributed by atoms with Gasteiger partial charge in [0.15, 0.2) is 0 Å². The summed E-state index contributed by atoms with van der Waals surface area (Å²) >= 11 is 0. The van der Waals surface area contributed by atoms with Crippen LogP contribution in [0.1, 0.15) is 181 Å². The Balaban J connectivity index is 4.07. The molecule has 3 unspecified atom stereocenters. The van der Waals surface area contributed by atoms with E-state index in [9.17, 15) is 19.4 Å². The third-order valence-electron chi connectivity index (χ3n) is 10.1. The minimum absolute atomic E-state index is 0.00628. The Hall–Kier alpha value is -2.32. The molecule has 0 aromatic heterocycles. The molecule has 8 nitrogen and oxygen atoms in total. The number of phosphoric ester groups is 1. The van der Waals surface area contributed by atoms with Gasteiger partial charge in [-0.3, -0.25) is 9.36 Å². The predicted molar refractivity (Wildman–Crippen MR) is 256 cm³/mol. The van der Waals surface area contributed by atoms with E-state index in [4.69, 9.17) is 9.05 Å². The highest BCUT2D eigenvalue weighted by atomic mass is 31.2. The average molecular weight is 859 g/mol. The SMILES string of the molecule is CC/C=C\C/C=C\C/C=C\C/C=C\C/C=C\C/C=C\C/C=C\CCCCCCCCCCCC(=O)NC(COP(=O)([O-])OCC[N+](C)(C)C)C(O)CCCCCCCCC. The number of allylic oxidation sites excluding steroid dienone is 14. The summed E-state index contributed by atoms with van der Waals surface area (Å²) in [5, 5.41) is 13.8. The van der Waals surface area contributed by atoms with Gasteiger partial charge in [0.05, 0.1) is 39.9 Å². The van der Waals surface area contributed by atoms with Crippen molar-refractivity contribution in [3.8, 4) is 0 Å². The summed E-state index contributed by atoms with van der Waals surface area (Å²) in [4.78, 5) is 25.2.